The van der Waals surface area contributed by atoms with Crippen LogP contribution in [-0.4, -0.2) is 23.0 Å². The van der Waals surface area contributed by atoms with Gasteiger partial charge >= 0.3 is 0 Å². The summed E-state index contributed by atoms with van der Waals surface area (Å²) in [7, 11) is 0. The van der Waals surface area contributed by atoms with Gasteiger partial charge in [0.25, 0.3) is 0 Å². The largest absolute Gasteiger partial charge is 0.454 e. The second-order valence-electron chi connectivity index (χ2n) is 5.48. The van der Waals surface area contributed by atoms with Gasteiger partial charge in [-0.2, -0.15) is 0 Å². The number of ether oxygens (including phenoxy) is 2. The number of benzene rings is 1. The average Bonchev–Trinajstić information content (AvgIpc) is 2.82. The normalized spacial score (nSPS) is 14.9. The number of Topliss-reactive ketones (excluding diaryl/α,β-unsaturated/α-hetero) is 1. The van der Waals surface area contributed by atoms with Crippen LogP contribution >= 0.6 is 0 Å². The number of hydrogen-bond donors (Lipinski definition) is 0. The molecule has 1 atom stereocenters. The van der Waals surface area contributed by atoms with E-state index in [9.17, 15) is 14.9 Å². The second kappa shape index (κ2) is 5.11. The number of rotatable bonds is 5. The Morgan fingerprint density at radius 2 is 2.05 bits per heavy atom. The Kier molecular flexibility index (Phi) is 3.65. The summed E-state index contributed by atoms with van der Waals surface area (Å²) in [5.41, 5.74) is -0.523. The van der Waals surface area contributed by atoms with Crippen molar-refractivity contribution in [3.8, 4) is 11.5 Å². The number of ketones is 1. The Morgan fingerprint density at radius 3 is 2.65 bits per heavy atom. The maximum Gasteiger partial charge on any atom is 0.231 e. The molecule has 0 saturated heterocycles. The first-order valence-electron chi connectivity index (χ1n) is 6.36. The molecule has 6 heteroatoms. The fourth-order valence-electron chi connectivity index (χ4n) is 2.32. The van der Waals surface area contributed by atoms with Gasteiger partial charge in [0.2, 0.25) is 12.3 Å². The van der Waals surface area contributed by atoms with Crippen LogP contribution in [0.2, 0.25) is 0 Å². The maximum atomic E-state index is 11.5. The van der Waals surface area contributed by atoms with Crippen LogP contribution in [-0.2, 0) is 4.79 Å². The molecular formula is C14H17NO5. The molecule has 0 unspecified atom stereocenters. The second-order valence-corrected chi connectivity index (χ2v) is 5.48. The van der Waals surface area contributed by atoms with E-state index in [0.717, 1.165) is 0 Å². The van der Waals surface area contributed by atoms with Crippen molar-refractivity contribution >= 4 is 5.78 Å². The van der Waals surface area contributed by atoms with Crippen molar-refractivity contribution in [3.05, 3.63) is 33.9 Å². The fourth-order valence-corrected chi connectivity index (χ4v) is 2.32. The number of carbonyl (C=O) groups excluding carboxylic acids is 1. The molecular weight excluding hydrogens is 262 g/mol. The molecule has 0 radical (unpaired) electrons. The summed E-state index contributed by atoms with van der Waals surface area (Å²) in [6, 6.07) is 5.20. The molecule has 1 aliphatic rings. The highest BCUT2D eigenvalue weighted by molar-refractivity contribution is 5.76. The smallest absolute Gasteiger partial charge is 0.231 e. The van der Waals surface area contributed by atoms with Gasteiger partial charge in [-0.3, -0.25) is 10.1 Å². The molecule has 1 aromatic carbocycles. The van der Waals surface area contributed by atoms with E-state index in [2.05, 4.69) is 0 Å². The summed E-state index contributed by atoms with van der Waals surface area (Å²) < 4.78 is 10.5. The SMILES string of the molecule is CC(=O)C[C@@H](c1ccc2c(c1)OCO2)C(C)(C)[N+](=O)[O-]. The van der Waals surface area contributed by atoms with Gasteiger partial charge in [0, 0.05) is 25.2 Å². The topological polar surface area (TPSA) is 78.7 Å². The van der Waals surface area contributed by atoms with E-state index >= 15 is 0 Å². The van der Waals surface area contributed by atoms with Gasteiger partial charge in [-0.05, 0) is 24.6 Å². The van der Waals surface area contributed by atoms with Crippen molar-refractivity contribution in [2.24, 2.45) is 0 Å². The van der Waals surface area contributed by atoms with E-state index in [1.54, 1.807) is 18.2 Å². The molecule has 0 N–H and O–H groups in total. The lowest BCUT2D eigenvalue weighted by Gasteiger charge is -2.26. The predicted octanol–water partition coefficient (Wildman–Crippen LogP) is 2.53. The average molecular weight is 279 g/mol. The predicted molar refractivity (Wildman–Crippen MR) is 71.7 cm³/mol. The minimum atomic E-state index is -1.24. The quantitative estimate of drug-likeness (QED) is 0.611. The Hall–Kier alpha value is -2.11. The zero-order chi connectivity index (χ0) is 14.9. The highest BCUT2D eigenvalue weighted by Crippen LogP contribution is 2.39. The standard InChI is InChI=1S/C14H17NO5/c1-9(16)6-11(14(2,3)15(17)18)10-4-5-12-13(7-10)20-8-19-12/h4-5,7,11H,6,8H2,1-3H3/t11-/m0/s1. The van der Waals surface area contributed by atoms with Crippen LogP contribution in [0.4, 0.5) is 0 Å². The van der Waals surface area contributed by atoms with Gasteiger partial charge in [0.15, 0.2) is 11.5 Å². The Morgan fingerprint density at radius 1 is 1.40 bits per heavy atom. The van der Waals surface area contributed by atoms with Crippen molar-refractivity contribution in [1.82, 2.24) is 0 Å². The van der Waals surface area contributed by atoms with Crippen LogP contribution in [0.25, 0.3) is 0 Å². The van der Waals surface area contributed by atoms with Gasteiger partial charge in [-0.1, -0.05) is 6.07 Å². The van der Waals surface area contributed by atoms with E-state index in [1.165, 1.54) is 20.8 Å². The molecule has 1 aliphatic heterocycles. The molecule has 1 heterocycles. The van der Waals surface area contributed by atoms with Crippen LogP contribution in [0.15, 0.2) is 18.2 Å². The summed E-state index contributed by atoms with van der Waals surface area (Å²) in [5, 5.41) is 11.3. The summed E-state index contributed by atoms with van der Waals surface area (Å²) in [4.78, 5) is 22.4. The zero-order valence-corrected chi connectivity index (χ0v) is 11.7. The molecule has 0 spiro atoms. The number of hydrogen-bond acceptors (Lipinski definition) is 5. The lowest BCUT2D eigenvalue weighted by atomic mass is 9.79. The first-order valence-corrected chi connectivity index (χ1v) is 6.36. The Labute approximate surface area is 116 Å². The third kappa shape index (κ3) is 2.59. The van der Waals surface area contributed by atoms with E-state index in [-0.39, 0.29) is 23.9 Å². The van der Waals surface area contributed by atoms with Gasteiger partial charge < -0.3 is 14.3 Å². The number of nitrogens with zero attached hydrogens (tertiary/aromatic N) is 1. The van der Waals surface area contributed by atoms with Crippen molar-refractivity contribution in [2.75, 3.05) is 6.79 Å². The highest BCUT2D eigenvalue weighted by atomic mass is 16.7. The van der Waals surface area contributed by atoms with E-state index in [4.69, 9.17) is 9.47 Å². The van der Waals surface area contributed by atoms with Crippen LogP contribution in [0.3, 0.4) is 0 Å². The first-order chi connectivity index (χ1) is 9.32. The van der Waals surface area contributed by atoms with Crippen LogP contribution < -0.4 is 9.47 Å². The summed E-state index contributed by atoms with van der Waals surface area (Å²) in [6.07, 6.45) is 0.119. The third-order valence-electron chi connectivity index (χ3n) is 3.61. The zero-order valence-electron chi connectivity index (χ0n) is 11.7. The minimum absolute atomic E-state index is 0.0809. The summed E-state index contributed by atoms with van der Waals surface area (Å²) in [6.45, 7) is 4.65. The van der Waals surface area contributed by atoms with Crippen LogP contribution in [0.5, 0.6) is 11.5 Å². The molecule has 0 aromatic heterocycles. The summed E-state index contributed by atoms with van der Waals surface area (Å²) in [5.74, 6) is 0.594. The molecule has 0 fully saturated rings. The third-order valence-corrected chi connectivity index (χ3v) is 3.61. The molecule has 0 amide bonds. The van der Waals surface area contributed by atoms with Crippen molar-refractivity contribution in [1.29, 1.82) is 0 Å². The van der Waals surface area contributed by atoms with E-state index in [1.807, 2.05) is 0 Å². The molecule has 2 rings (SSSR count). The molecule has 108 valence electrons. The first kappa shape index (κ1) is 14.3. The molecule has 6 nitrogen and oxygen atoms in total. The Balaban J connectivity index is 2.41. The van der Waals surface area contributed by atoms with Crippen LogP contribution in [0.1, 0.15) is 38.7 Å². The van der Waals surface area contributed by atoms with Gasteiger partial charge in [-0.15, -0.1) is 0 Å². The van der Waals surface area contributed by atoms with Crippen molar-refractivity contribution in [3.63, 3.8) is 0 Å². The van der Waals surface area contributed by atoms with Crippen molar-refractivity contribution in [2.45, 2.75) is 38.6 Å². The lowest BCUT2D eigenvalue weighted by molar-refractivity contribution is -0.565. The van der Waals surface area contributed by atoms with Gasteiger partial charge in [-0.25, -0.2) is 0 Å². The number of fused-ring (bicyclic) bond motifs is 1. The van der Waals surface area contributed by atoms with Gasteiger partial charge in [0.1, 0.15) is 5.78 Å². The number of nitro groups is 1. The monoisotopic (exact) mass is 279 g/mol. The molecule has 20 heavy (non-hydrogen) atoms. The van der Waals surface area contributed by atoms with Crippen LogP contribution in [0, 0.1) is 10.1 Å². The van der Waals surface area contributed by atoms with Crippen molar-refractivity contribution < 1.29 is 19.2 Å². The molecule has 0 aliphatic carbocycles. The lowest BCUT2D eigenvalue weighted by Crippen LogP contribution is -2.39. The van der Waals surface area contributed by atoms with E-state index < -0.39 is 11.5 Å². The molecule has 1 aromatic rings. The molecule has 0 saturated carbocycles. The minimum Gasteiger partial charge on any atom is -0.454 e. The van der Waals surface area contributed by atoms with E-state index in [0.29, 0.717) is 17.1 Å². The van der Waals surface area contributed by atoms with Gasteiger partial charge in [0.05, 0.1) is 5.92 Å². The fraction of sp³-hybridized carbons (Fsp3) is 0.500. The summed E-state index contributed by atoms with van der Waals surface area (Å²) >= 11 is 0. The maximum absolute atomic E-state index is 11.5. The molecule has 0 bridgehead atoms. The number of carbonyl (C=O) groups is 1. The highest BCUT2D eigenvalue weighted by Gasteiger charge is 2.42. The Bertz CT molecular complexity index is 552.